The smallest absolute Gasteiger partial charge is 0.408 e. The van der Waals surface area contributed by atoms with Crippen LogP contribution in [0.3, 0.4) is 0 Å². The summed E-state index contributed by atoms with van der Waals surface area (Å²) in [5.74, 6) is -0.502. The number of aromatic amines is 1. The number of alkyl halides is 3. The van der Waals surface area contributed by atoms with Gasteiger partial charge < -0.3 is 4.42 Å². The van der Waals surface area contributed by atoms with Crippen LogP contribution in [0.4, 0.5) is 13.2 Å². The van der Waals surface area contributed by atoms with Crippen molar-refractivity contribution in [2.24, 2.45) is 0 Å². The zero-order chi connectivity index (χ0) is 15.3. The summed E-state index contributed by atoms with van der Waals surface area (Å²) in [6, 6.07) is 5.36. The molecule has 1 N–H and O–H groups in total. The van der Waals surface area contributed by atoms with Gasteiger partial charge >= 0.3 is 11.9 Å². The Morgan fingerprint density at radius 3 is 2.76 bits per heavy atom. The van der Waals surface area contributed by atoms with Gasteiger partial charge in [0.1, 0.15) is 0 Å². The zero-order valence-electron chi connectivity index (χ0n) is 11.0. The molecule has 2 aromatic rings. The lowest BCUT2D eigenvalue weighted by molar-refractivity contribution is -0.340. The third kappa shape index (κ3) is 5.24. The fourth-order valence-corrected chi connectivity index (χ4v) is 1.80. The Morgan fingerprint density at radius 2 is 2.00 bits per heavy atom. The van der Waals surface area contributed by atoms with Gasteiger partial charge in [0, 0.05) is 0 Å². The molecule has 0 saturated heterocycles. The maximum Gasteiger partial charge on any atom is 0.417 e. The summed E-state index contributed by atoms with van der Waals surface area (Å²) in [7, 11) is 0. The van der Waals surface area contributed by atoms with Gasteiger partial charge in [-0.3, -0.25) is 4.98 Å². The molecule has 116 valence electrons. The molecule has 0 radical (unpaired) electrons. The van der Waals surface area contributed by atoms with E-state index in [9.17, 15) is 18.0 Å². The van der Waals surface area contributed by atoms with Gasteiger partial charge in [-0.05, 0) is 37.0 Å². The number of aryl methyl sites for hydroxylation is 1. The van der Waals surface area contributed by atoms with E-state index in [0.29, 0.717) is 23.9 Å². The van der Waals surface area contributed by atoms with Crippen molar-refractivity contribution in [2.45, 2.75) is 25.4 Å². The highest BCUT2D eigenvalue weighted by molar-refractivity contribution is 5.72. The second-order valence-corrected chi connectivity index (χ2v) is 4.50. The van der Waals surface area contributed by atoms with Crippen LogP contribution in [0.1, 0.15) is 18.4 Å². The summed E-state index contributed by atoms with van der Waals surface area (Å²) in [5.41, 5.74) is 2.09. The molecule has 0 aliphatic rings. The van der Waals surface area contributed by atoms with Crippen LogP contribution < -0.4 is 5.76 Å². The fraction of sp³-hybridized carbons (Fsp3) is 0.462. The van der Waals surface area contributed by atoms with Crippen LogP contribution in [0.25, 0.3) is 11.1 Å². The van der Waals surface area contributed by atoms with Crippen molar-refractivity contribution in [3.63, 3.8) is 0 Å². The van der Waals surface area contributed by atoms with Gasteiger partial charge in [0.25, 0.3) is 0 Å². The first-order valence-electron chi connectivity index (χ1n) is 6.37. The molecule has 8 heteroatoms. The van der Waals surface area contributed by atoms with Gasteiger partial charge in [-0.1, -0.05) is 6.07 Å². The van der Waals surface area contributed by atoms with Crippen LogP contribution in [0.15, 0.2) is 27.4 Å². The Labute approximate surface area is 117 Å². The van der Waals surface area contributed by atoms with Crippen molar-refractivity contribution in [3.8, 4) is 0 Å². The van der Waals surface area contributed by atoms with Crippen molar-refractivity contribution >= 4 is 11.1 Å². The lowest BCUT2D eigenvalue weighted by Gasteiger charge is -2.06. The standard InChI is InChI=1S/C13H14F3NO4/c14-13(15,16)8-20-19-6-2-1-3-9-4-5-10-11(7-9)21-12(18)17-10/h4-5,7H,1-3,6,8H2,(H,17,18). The monoisotopic (exact) mass is 305 g/mol. The largest absolute Gasteiger partial charge is 0.417 e. The molecule has 0 fully saturated rings. The molecule has 0 atom stereocenters. The molecule has 0 aliphatic carbocycles. The molecule has 0 aliphatic heterocycles. The summed E-state index contributed by atoms with van der Waals surface area (Å²) < 4.78 is 40.2. The van der Waals surface area contributed by atoms with Crippen LogP contribution >= 0.6 is 0 Å². The summed E-state index contributed by atoms with van der Waals surface area (Å²) in [6.07, 6.45) is -2.40. The van der Waals surface area contributed by atoms with E-state index in [1.165, 1.54) is 0 Å². The van der Waals surface area contributed by atoms with Gasteiger partial charge in [-0.2, -0.15) is 13.2 Å². The second-order valence-electron chi connectivity index (χ2n) is 4.50. The molecule has 5 nitrogen and oxygen atoms in total. The van der Waals surface area contributed by atoms with E-state index >= 15 is 0 Å². The maximum atomic E-state index is 11.7. The fourth-order valence-electron chi connectivity index (χ4n) is 1.80. The molecule has 0 saturated carbocycles. The molecule has 1 aromatic heterocycles. The Kier molecular flexibility index (Phi) is 5.03. The number of fused-ring (bicyclic) bond motifs is 1. The van der Waals surface area contributed by atoms with E-state index in [1.807, 2.05) is 6.07 Å². The topological polar surface area (TPSA) is 64.5 Å². The summed E-state index contributed by atoms with van der Waals surface area (Å²) in [6.45, 7) is -1.31. The minimum Gasteiger partial charge on any atom is -0.408 e. The molecule has 2 rings (SSSR count). The summed E-state index contributed by atoms with van der Waals surface area (Å²) in [4.78, 5) is 22.0. The first kappa shape index (κ1) is 15.6. The first-order chi connectivity index (χ1) is 9.94. The van der Waals surface area contributed by atoms with Crippen molar-refractivity contribution in [1.29, 1.82) is 0 Å². The lowest BCUT2D eigenvalue weighted by atomic mass is 10.1. The number of hydrogen-bond donors (Lipinski definition) is 1. The number of halogens is 3. The first-order valence-corrected chi connectivity index (χ1v) is 6.37. The van der Waals surface area contributed by atoms with E-state index in [4.69, 9.17) is 4.42 Å². The van der Waals surface area contributed by atoms with Crippen LogP contribution in [0.2, 0.25) is 0 Å². The third-order valence-electron chi connectivity index (χ3n) is 2.73. The van der Waals surface area contributed by atoms with Crippen molar-refractivity contribution in [3.05, 3.63) is 34.3 Å². The summed E-state index contributed by atoms with van der Waals surface area (Å²) in [5, 5.41) is 0. The summed E-state index contributed by atoms with van der Waals surface area (Å²) >= 11 is 0. The predicted octanol–water partition coefficient (Wildman–Crippen LogP) is 2.95. The van der Waals surface area contributed by atoms with Gasteiger partial charge in [0.15, 0.2) is 12.2 Å². The van der Waals surface area contributed by atoms with E-state index in [0.717, 1.165) is 12.0 Å². The molecular weight excluding hydrogens is 291 g/mol. The minimum absolute atomic E-state index is 0.0948. The average Bonchev–Trinajstić information content (AvgIpc) is 2.75. The third-order valence-corrected chi connectivity index (χ3v) is 2.73. The van der Waals surface area contributed by atoms with Crippen molar-refractivity contribution in [2.75, 3.05) is 13.2 Å². The number of oxazole rings is 1. The van der Waals surface area contributed by atoms with Crippen molar-refractivity contribution < 1.29 is 27.4 Å². The predicted molar refractivity (Wildman–Crippen MR) is 67.7 cm³/mol. The van der Waals surface area contributed by atoms with Gasteiger partial charge in [0.2, 0.25) is 0 Å². The van der Waals surface area contributed by atoms with Crippen LogP contribution in [-0.4, -0.2) is 24.4 Å². The van der Waals surface area contributed by atoms with E-state index in [2.05, 4.69) is 14.8 Å². The molecule has 0 amide bonds. The van der Waals surface area contributed by atoms with E-state index < -0.39 is 18.5 Å². The quantitative estimate of drug-likeness (QED) is 0.485. The highest BCUT2D eigenvalue weighted by Gasteiger charge is 2.28. The zero-order valence-corrected chi connectivity index (χ0v) is 11.0. The molecule has 0 bridgehead atoms. The van der Waals surface area contributed by atoms with Gasteiger partial charge in [-0.25, -0.2) is 14.6 Å². The lowest BCUT2D eigenvalue weighted by Crippen LogP contribution is -2.17. The Hall–Kier alpha value is -1.80. The second kappa shape index (κ2) is 6.77. The number of nitrogens with one attached hydrogen (secondary N) is 1. The number of aromatic nitrogens is 1. The van der Waals surface area contributed by atoms with E-state index in [-0.39, 0.29) is 6.61 Å². The average molecular weight is 305 g/mol. The van der Waals surface area contributed by atoms with Gasteiger partial charge in [-0.15, -0.1) is 0 Å². The highest BCUT2D eigenvalue weighted by atomic mass is 19.4. The molecule has 1 aromatic carbocycles. The minimum atomic E-state index is -4.38. The highest BCUT2D eigenvalue weighted by Crippen LogP contribution is 2.15. The van der Waals surface area contributed by atoms with Crippen LogP contribution in [0, 0.1) is 0 Å². The maximum absolute atomic E-state index is 11.7. The molecule has 0 spiro atoms. The molecule has 21 heavy (non-hydrogen) atoms. The number of H-pyrrole nitrogens is 1. The SMILES string of the molecule is O=c1[nH]c2ccc(CCCCOOCC(F)(F)F)cc2o1. The van der Waals surface area contributed by atoms with Gasteiger partial charge in [0.05, 0.1) is 12.1 Å². The molecule has 0 unspecified atom stereocenters. The number of benzene rings is 1. The van der Waals surface area contributed by atoms with E-state index in [1.54, 1.807) is 12.1 Å². The molecule has 1 heterocycles. The molecular formula is C13H14F3NO4. The van der Waals surface area contributed by atoms with Crippen LogP contribution in [0.5, 0.6) is 0 Å². The normalized spacial score (nSPS) is 12.1. The van der Waals surface area contributed by atoms with Crippen molar-refractivity contribution in [1.82, 2.24) is 4.98 Å². The Bertz CT molecular complexity index is 632. The number of rotatable bonds is 7. The Balaban J connectivity index is 1.67. The number of unbranched alkanes of at least 4 members (excludes halogenated alkanes) is 1. The van der Waals surface area contributed by atoms with Crippen LogP contribution in [-0.2, 0) is 16.2 Å². The Morgan fingerprint density at radius 1 is 1.19 bits per heavy atom. The number of hydrogen-bond acceptors (Lipinski definition) is 4.